The Bertz CT molecular complexity index is 594. The maximum absolute atomic E-state index is 12.1. The van der Waals surface area contributed by atoms with E-state index in [1.807, 2.05) is 11.8 Å². The van der Waals surface area contributed by atoms with Crippen molar-refractivity contribution in [1.82, 2.24) is 4.72 Å². The summed E-state index contributed by atoms with van der Waals surface area (Å²) >= 11 is 1.88. The summed E-state index contributed by atoms with van der Waals surface area (Å²) in [4.78, 5) is 0.279. The van der Waals surface area contributed by atoms with Gasteiger partial charge in [0.15, 0.2) is 0 Å². The van der Waals surface area contributed by atoms with Crippen molar-refractivity contribution in [2.45, 2.75) is 11.3 Å². The van der Waals surface area contributed by atoms with Gasteiger partial charge in [0.2, 0.25) is 10.0 Å². The summed E-state index contributed by atoms with van der Waals surface area (Å²) < 4.78 is 27.0. The molecule has 20 heavy (non-hydrogen) atoms. The van der Waals surface area contributed by atoms with E-state index in [0.717, 1.165) is 23.5 Å². The second-order valence-corrected chi connectivity index (χ2v) is 7.53. The number of benzene rings is 1. The molecule has 1 fully saturated rings. The zero-order valence-corrected chi connectivity index (χ0v) is 12.8. The lowest BCUT2D eigenvalue weighted by molar-refractivity contribution is 0.546. The van der Waals surface area contributed by atoms with Gasteiger partial charge in [0.1, 0.15) is 0 Å². The van der Waals surface area contributed by atoms with Crippen LogP contribution in [-0.2, 0) is 10.0 Å². The quantitative estimate of drug-likeness (QED) is 0.815. The lowest BCUT2D eigenvalue weighted by atomic mass is 10.1. The molecule has 1 aliphatic rings. The number of rotatable bonds is 4. The molecule has 0 aromatic heterocycles. The van der Waals surface area contributed by atoms with Crippen molar-refractivity contribution in [3.8, 4) is 11.8 Å². The topological polar surface area (TPSA) is 72.2 Å². The molecule has 0 saturated carbocycles. The number of nitrogens with one attached hydrogen (secondary N) is 1. The third-order valence-corrected chi connectivity index (χ3v) is 5.76. The highest BCUT2D eigenvalue weighted by Gasteiger charge is 2.19. The first kappa shape index (κ1) is 15.4. The molecule has 0 aliphatic carbocycles. The highest BCUT2D eigenvalue weighted by Crippen LogP contribution is 2.23. The van der Waals surface area contributed by atoms with E-state index >= 15 is 0 Å². The molecule has 1 aromatic rings. The van der Waals surface area contributed by atoms with Crippen LogP contribution in [0.15, 0.2) is 29.2 Å². The van der Waals surface area contributed by atoms with Crippen molar-refractivity contribution in [2.24, 2.45) is 11.7 Å². The molecular formula is C14H18N2O2S2. The van der Waals surface area contributed by atoms with Crippen molar-refractivity contribution in [2.75, 3.05) is 24.6 Å². The van der Waals surface area contributed by atoms with Crippen molar-refractivity contribution < 1.29 is 8.42 Å². The third-order valence-electron chi connectivity index (χ3n) is 3.09. The molecule has 0 radical (unpaired) electrons. The molecule has 1 heterocycles. The van der Waals surface area contributed by atoms with Crippen LogP contribution in [0.1, 0.15) is 12.0 Å². The van der Waals surface area contributed by atoms with Crippen LogP contribution in [0.3, 0.4) is 0 Å². The van der Waals surface area contributed by atoms with Crippen LogP contribution >= 0.6 is 11.8 Å². The Morgan fingerprint density at radius 3 is 2.70 bits per heavy atom. The van der Waals surface area contributed by atoms with E-state index in [1.165, 1.54) is 0 Å². The van der Waals surface area contributed by atoms with Crippen LogP contribution in [0.25, 0.3) is 0 Å². The van der Waals surface area contributed by atoms with Gasteiger partial charge in [0.25, 0.3) is 0 Å². The smallest absolute Gasteiger partial charge is 0.240 e. The van der Waals surface area contributed by atoms with Crippen molar-refractivity contribution in [3.63, 3.8) is 0 Å². The Kier molecular flexibility index (Phi) is 5.49. The van der Waals surface area contributed by atoms with Crippen LogP contribution in [0.5, 0.6) is 0 Å². The lowest BCUT2D eigenvalue weighted by Crippen LogP contribution is -2.29. The Morgan fingerprint density at radius 1 is 1.35 bits per heavy atom. The maximum atomic E-state index is 12.1. The predicted molar refractivity (Wildman–Crippen MR) is 83.0 cm³/mol. The SMILES string of the molecule is NCC#Cc1ccc(S(=O)(=O)NCC2CCSC2)cc1. The van der Waals surface area contributed by atoms with Crippen LogP contribution in [-0.4, -0.2) is 33.0 Å². The number of hydrogen-bond donors (Lipinski definition) is 2. The summed E-state index contributed by atoms with van der Waals surface area (Å²) in [6.07, 6.45) is 1.08. The molecule has 3 N–H and O–H groups in total. The second-order valence-electron chi connectivity index (χ2n) is 4.61. The van der Waals surface area contributed by atoms with Gasteiger partial charge in [-0.15, -0.1) is 0 Å². The first-order chi connectivity index (χ1) is 9.62. The molecule has 2 rings (SSSR count). The van der Waals surface area contributed by atoms with Gasteiger partial charge in [0, 0.05) is 12.1 Å². The fraction of sp³-hybridized carbons (Fsp3) is 0.429. The Morgan fingerprint density at radius 2 is 2.10 bits per heavy atom. The largest absolute Gasteiger partial charge is 0.320 e. The van der Waals surface area contributed by atoms with Gasteiger partial charge in [0.05, 0.1) is 11.4 Å². The average Bonchev–Trinajstić information content (AvgIpc) is 2.97. The van der Waals surface area contributed by atoms with Crippen LogP contribution in [0.2, 0.25) is 0 Å². The van der Waals surface area contributed by atoms with E-state index in [4.69, 9.17) is 5.73 Å². The molecule has 0 amide bonds. The van der Waals surface area contributed by atoms with E-state index in [-0.39, 0.29) is 4.90 Å². The van der Waals surface area contributed by atoms with Gasteiger partial charge in [-0.3, -0.25) is 0 Å². The van der Waals surface area contributed by atoms with Gasteiger partial charge in [-0.25, -0.2) is 13.1 Å². The molecule has 0 bridgehead atoms. The predicted octanol–water partition coefficient (Wildman–Crippen LogP) is 1.03. The van der Waals surface area contributed by atoms with Crippen molar-refractivity contribution >= 4 is 21.8 Å². The zero-order chi connectivity index (χ0) is 14.4. The molecular weight excluding hydrogens is 292 g/mol. The molecule has 1 aliphatic heterocycles. The Balaban J connectivity index is 2.01. The van der Waals surface area contributed by atoms with Gasteiger partial charge >= 0.3 is 0 Å². The van der Waals surface area contributed by atoms with Gasteiger partial charge in [-0.1, -0.05) is 11.8 Å². The average molecular weight is 310 g/mol. The zero-order valence-electron chi connectivity index (χ0n) is 11.1. The molecule has 108 valence electrons. The molecule has 6 heteroatoms. The normalized spacial score (nSPS) is 18.6. The fourth-order valence-corrected chi connectivity index (χ4v) is 4.33. The molecule has 1 saturated heterocycles. The lowest BCUT2D eigenvalue weighted by Gasteiger charge is -2.10. The van der Waals surface area contributed by atoms with Crippen LogP contribution < -0.4 is 10.5 Å². The highest BCUT2D eigenvalue weighted by atomic mass is 32.2. The first-order valence-corrected chi connectivity index (χ1v) is 9.12. The molecule has 1 atom stereocenters. The summed E-state index contributed by atoms with van der Waals surface area (Å²) in [6, 6.07) is 6.55. The molecule has 0 spiro atoms. The Labute approximate surface area is 124 Å². The van der Waals surface area contributed by atoms with E-state index < -0.39 is 10.0 Å². The summed E-state index contributed by atoms with van der Waals surface area (Å²) in [5.41, 5.74) is 6.06. The summed E-state index contributed by atoms with van der Waals surface area (Å²) in [5, 5.41) is 0. The van der Waals surface area contributed by atoms with Gasteiger partial charge in [-0.05, 0) is 48.1 Å². The monoisotopic (exact) mass is 310 g/mol. The van der Waals surface area contributed by atoms with Crippen molar-refractivity contribution in [1.29, 1.82) is 0 Å². The Hall–Kier alpha value is -1.00. The minimum atomic E-state index is -3.42. The maximum Gasteiger partial charge on any atom is 0.240 e. The van der Waals surface area contributed by atoms with Crippen molar-refractivity contribution in [3.05, 3.63) is 29.8 Å². The number of nitrogens with two attached hydrogens (primary N) is 1. The second kappa shape index (κ2) is 7.14. The van der Waals surface area contributed by atoms with E-state index in [1.54, 1.807) is 24.3 Å². The first-order valence-electron chi connectivity index (χ1n) is 6.48. The third kappa shape index (κ3) is 4.25. The summed E-state index contributed by atoms with van der Waals surface area (Å²) in [5.74, 6) is 8.21. The van der Waals surface area contributed by atoms with Crippen LogP contribution in [0.4, 0.5) is 0 Å². The fourth-order valence-electron chi connectivity index (χ4n) is 1.93. The number of thioether (sulfide) groups is 1. The molecule has 1 unspecified atom stereocenters. The minimum absolute atomic E-state index is 0.279. The number of sulfonamides is 1. The van der Waals surface area contributed by atoms with E-state index in [2.05, 4.69) is 16.6 Å². The van der Waals surface area contributed by atoms with Gasteiger partial charge < -0.3 is 5.73 Å². The van der Waals surface area contributed by atoms with E-state index in [0.29, 0.717) is 19.0 Å². The minimum Gasteiger partial charge on any atom is -0.320 e. The highest BCUT2D eigenvalue weighted by molar-refractivity contribution is 7.99. The molecule has 1 aromatic carbocycles. The summed E-state index contributed by atoms with van der Waals surface area (Å²) in [6.45, 7) is 0.811. The summed E-state index contributed by atoms with van der Waals surface area (Å²) in [7, 11) is -3.42. The van der Waals surface area contributed by atoms with Gasteiger partial charge in [-0.2, -0.15) is 11.8 Å². The van der Waals surface area contributed by atoms with Crippen LogP contribution in [0, 0.1) is 17.8 Å². The standard InChI is InChI=1S/C14H18N2O2S2/c15-8-1-2-12-3-5-14(6-4-12)20(17,18)16-10-13-7-9-19-11-13/h3-6,13,16H,7-11,15H2. The number of hydrogen-bond acceptors (Lipinski definition) is 4. The molecule has 4 nitrogen and oxygen atoms in total. The van der Waals surface area contributed by atoms with E-state index in [9.17, 15) is 8.42 Å².